The van der Waals surface area contributed by atoms with E-state index in [0.717, 1.165) is 4.70 Å². The van der Waals surface area contributed by atoms with E-state index >= 15 is 0 Å². The van der Waals surface area contributed by atoms with Crippen LogP contribution >= 0.6 is 11.3 Å². The number of hydrogen-bond donors (Lipinski definition) is 0. The van der Waals surface area contributed by atoms with E-state index < -0.39 is 0 Å². The van der Waals surface area contributed by atoms with Crippen molar-refractivity contribution in [1.82, 2.24) is 9.88 Å². The van der Waals surface area contributed by atoms with Crippen molar-refractivity contribution in [3.8, 4) is 5.19 Å². The Kier molecular flexibility index (Phi) is 3.93. The van der Waals surface area contributed by atoms with Crippen molar-refractivity contribution in [1.29, 1.82) is 0 Å². The van der Waals surface area contributed by atoms with E-state index in [-0.39, 0.29) is 17.8 Å². The number of nitrogens with zero attached hydrogens (tertiary/aromatic N) is 2. The second kappa shape index (κ2) is 6.24. The molecule has 7 heteroatoms. The van der Waals surface area contributed by atoms with Crippen molar-refractivity contribution in [2.24, 2.45) is 0 Å². The summed E-state index contributed by atoms with van der Waals surface area (Å²) in [4.78, 5) is 18.2. The number of piperidine rings is 1. The van der Waals surface area contributed by atoms with Gasteiger partial charge in [-0.2, -0.15) is 4.98 Å². The van der Waals surface area contributed by atoms with Gasteiger partial charge in [0.15, 0.2) is 5.76 Å². The predicted octanol–water partition coefficient (Wildman–Crippen LogP) is 3.71. The Morgan fingerprint density at radius 1 is 1.29 bits per heavy atom. The number of likely N-dealkylation sites (tertiary alicyclic amines) is 1. The van der Waals surface area contributed by atoms with Crippen molar-refractivity contribution < 1.29 is 18.3 Å². The molecule has 0 bridgehead atoms. The van der Waals surface area contributed by atoms with Gasteiger partial charge in [-0.05, 0) is 24.3 Å². The van der Waals surface area contributed by atoms with E-state index in [9.17, 15) is 9.18 Å². The number of thiazole rings is 1. The fraction of sp³-hybridized carbons (Fsp3) is 0.294. The SMILES string of the molecule is O=C(c1ccco1)N1CCC(Oc2nc3c(F)cccc3s2)CC1. The molecular weight excluding hydrogens is 331 g/mol. The van der Waals surface area contributed by atoms with Gasteiger partial charge in [0.2, 0.25) is 0 Å². The third-order valence-corrected chi connectivity index (χ3v) is 4.99. The molecule has 0 spiro atoms. The third-order valence-electron chi connectivity index (χ3n) is 4.08. The summed E-state index contributed by atoms with van der Waals surface area (Å²) in [7, 11) is 0. The molecule has 0 atom stereocenters. The molecule has 24 heavy (non-hydrogen) atoms. The normalized spacial score (nSPS) is 15.8. The van der Waals surface area contributed by atoms with E-state index in [1.165, 1.54) is 23.7 Å². The van der Waals surface area contributed by atoms with Gasteiger partial charge in [-0.15, -0.1) is 0 Å². The molecule has 0 unspecified atom stereocenters. The Bertz CT molecular complexity index is 854. The number of rotatable bonds is 3. The standard InChI is InChI=1S/C17H15FN2O3S/c18-12-3-1-5-14-15(12)19-17(24-14)23-11-6-8-20(9-7-11)16(21)13-4-2-10-22-13/h1-5,10-11H,6-9H2. The number of hydrogen-bond acceptors (Lipinski definition) is 5. The van der Waals surface area contributed by atoms with E-state index in [4.69, 9.17) is 9.15 Å². The summed E-state index contributed by atoms with van der Waals surface area (Å²) in [6.07, 6.45) is 2.90. The first-order valence-corrected chi connectivity index (χ1v) is 8.57. The fourth-order valence-electron chi connectivity index (χ4n) is 2.82. The molecule has 1 amide bonds. The summed E-state index contributed by atoms with van der Waals surface area (Å²) in [5.41, 5.74) is 0.350. The zero-order chi connectivity index (χ0) is 16.5. The number of aromatic nitrogens is 1. The van der Waals surface area contributed by atoms with Crippen LogP contribution in [0.1, 0.15) is 23.4 Å². The lowest BCUT2D eigenvalue weighted by Gasteiger charge is -2.31. The smallest absolute Gasteiger partial charge is 0.289 e. The highest BCUT2D eigenvalue weighted by atomic mass is 32.1. The number of ether oxygens (including phenoxy) is 1. The van der Waals surface area contributed by atoms with Gasteiger partial charge >= 0.3 is 0 Å². The molecule has 1 aliphatic heterocycles. The lowest BCUT2D eigenvalue weighted by molar-refractivity contribution is 0.0566. The molecule has 124 valence electrons. The number of fused-ring (bicyclic) bond motifs is 1. The Hall–Kier alpha value is -2.41. The Morgan fingerprint density at radius 3 is 2.83 bits per heavy atom. The highest BCUT2D eigenvalue weighted by molar-refractivity contribution is 7.20. The molecule has 1 fully saturated rings. The number of amides is 1. The summed E-state index contributed by atoms with van der Waals surface area (Å²) in [5, 5.41) is 0.478. The van der Waals surface area contributed by atoms with Crippen LogP contribution in [0, 0.1) is 5.82 Å². The van der Waals surface area contributed by atoms with Gasteiger partial charge in [-0.1, -0.05) is 17.4 Å². The van der Waals surface area contributed by atoms with Crippen LogP contribution < -0.4 is 4.74 Å². The molecule has 0 aliphatic carbocycles. The second-order valence-corrected chi connectivity index (χ2v) is 6.65. The number of para-hydroxylation sites is 1. The predicted molar refractivity (Wildman–Crippen MR) is 87.8 cm³/mol. The maximum atomic E-state index is 13.7. The lowest BCUT2D eigenvalue weighted by Crippen LogP contribution is -2.41. The highest BCUT2D eigenvalue weighted by Gasteiger charge is 2.26. The lowest BCUT2D eigenvalue weighted by atomic mass is 10.1. The fourth-order valence-corrected chi connectivity index (χ4v) is 3.72. The number of furan rings is 1. The topological polar surface area (TPSA) is 55.6 Å². The monoisotopic (exact) mass is 346 g/mol. The van der Waals surface area contributed by atoms with Gasteiger partial charge in [0.25, 0.3) is 11.1 Å². The van der Waals surface area contributed by atoms with E-state index in [1.807, 2.05) is 6.07 Å². The molecule has 0 radical (unpaired) electrons. The molecule has 1 aliphatic rings. The first kappa shape index (κ1) is 15.1. The number of benzene rings is 1. The van der Waals surface area contributed by atoms with Gasteiger partial charge in [0.05, 0.1) is 11.0 Å². The van der Waals surface area contributed by atoms with Crippen molar-refractivity contribution in [2.45, 2.75) is 18.9 Å². The summed E-state index contributed by atoms with van der Waals surface area (Å²) >= 11 is 1.34. The summed E-state index contributed by atoms with van der Waals surface area (Å²) in [5.74, 6) is -0.0750. The Labute approximate surface area is 141 Å². The van der Waals surface area contributed by atoms with Crippen molar-refractivity contribution in [2.75, 3.05) is 13.1 Å². The van der Waals surface area contributed by atoms with Crippen LogP contribution in [0.5, 0.6) is 5.19 Å². The zero-order valence-electron chi connectivity index (χ0n) is 12.8. The zero-order valence-corrected chi connectivity index (χ0v) is 13.6. The van der Waals surface area contributed by atoms with E-state index in [1.54, 1.807) is 23.1 Å². The molecule has 1 aromatic carbocycles. The largest absolute Gasteiger partial charge is 0.467 e. The van der Waals surface area contributed by atoms with Gasteiger partial charge < -0.3 is 14.1 Å². The van der Waals surface area contributed by atoms with Crippen LogP contribution in [0.2, 0.25) is 0 Å². The average Bonchev–Trinajstić information content (AvgIpc) is 3.25. The summed E-state index contributed by atoms with van der Waals surface area (Å²) in [6.45, 7) is 1.20. The minimum Gasteiger partial charge on any atom is -0.467 e. The Morgan fingerprint density at radius 2 is 2.12 bits per heavy atom. The minimum atomic E-state index is -0.336. The quantitative estimate of drug-likeness (QED) is 0.725. The number of halogens is 1. The van der Waals surface area contributed by atoms with Crippen molar-refractivity contribution >= 4 is 27.5 Å². The summed E-state index contributed by atoms with van der Waals surface area (Å²) < 4.78 is 25.5. The first-order chi connectivity index (χ1) is 11.7. The molecular formula is C17H15FN2O3S. The van der Waals surface area contributed by atoms with Gasteiger partial charge in [-0.25, -0.2) is 4.39 Å². The van der Waals surface area contributed by atoms with E-state index in [0.29, 0.717) is 42.4 Å². The molecule has 3 heterocycles. The van der Waals surface area contributed by atoms with Crippen LogP contribution in [0.25, 0.3) is 10.2 Å². The van der Waals surface area contributed by atoms with E-state index in [2.05, 4.69) is 4.98 Å². The highest BCUT2D eigenvalue weighted by Crippen LogP contribution is 2.31. The second-order valence-electron chi connectivity index (χ2n) is 5.65. The van der Waals surface area contributed by atoms with Crippen LogP contribution in [0.4, 0.5) is 4.39 Å². The van der Waals surface area contributed by atoms with Gasteiger partial charge in [0, 0.05) is 25.9 Å². The molecule has 4 rings (SSSR count). The summed E-state index contributed by atoms with van der Waals surface area (Å²) in [6, 6.07) is 8.26. The molecule has 1 saturated heterocycles. The maximum absolute atomic E-state index is 13.7. The first-order valence-electron chi connectivity index (χ1n) is 7.75. The third kappa shape index (κ3) is 2.87. The molecule has 2 aromatic heterocycles. The van der Waals surface area contributed by atoms with Crippen LogP contribution in [-0.4, -0.2) is 35.0 Å². The Balaban J connectivity index is 1.39. The van der Waals surface area contributed by atoms with Gasteiger partial charge in [0.1, 0.15) is 17.4 Å². The minimum absolute atomic E-state index is 0.0192. The molecule has 5 nitrogen and oxygen atoms in total. The molecule has 0 saturated carbocycles. The van der Waals surface area contributed by atoms with Crippen LogP contribution in [0.3, 0.4) is 0 Å². The number of carbonyl (C=O) groups excluding carboxylic acids is 1. The molecule has 3 aromatic rings. The van der Waals surface area contributed by atoms with Crippen LogP contribution in [-0.2, 0) is 0 Å². The number of carbonyl (C=O) groups is 1. The maximum Gasteiger partial charge on any atom is 0.289 e. The average molecular weight is 346 g/mol. The van der Waals surface area contributed by atoms with Crippen molar-refractivity contribution in [3.63, 3.8) is 0 Å². The van der Waals surface area contributed by atoms with Crippen molar-refractivity contribution in [3.05, 3.63) is 48.2 Å². The molecule has 0 N–H and O–H groups in total. The van der Waals surface area contributed by atoms with Gasteiger partial charge in [-0.3, -0.25) is 4.79 Å². The van der Waals surface area contributed by atoms with Crippen LogP contribution in [0.15, 0.2) is 41.0 Å².